The van der Waals surface area contributed by atoms with Gasteiger partial charge in [-0.15, -0.1) is 0 Å². The number of pyridine rings is 1. The summed E-state index contributed by atoms with van der Waals surface area (Å²) in [5, 5.41) is 19.1. The van der Waals surface area contributed by atoms with Crippen molar-refractivity contribution in [2.75, 3.05) is 6.54 Å². The molecule has 1 amide bonds. The van der Waals surface area contributed by atoms with Crippen LogP contribution in [0.5, 0.6) is 0 Å². The Morgan fingerprint density at radius 2 is 1.88 bits per heavy atom. The summed E-state index contributed by atoms with van der Waals surface area (Å²) >= 11 is 0. The van der Waals surface area contributed by atoms with E-state index in [1.807, 2.05) is 0 Å². The molecule has 1 aromatic carbocycles. The van der Waals surface area contributed by atoms with Crippen LogP contribution in [0.4, 0.5) is 13.2 Å². The SMILES string of the molecule is Cc1c(C(=O)N2Cc3cnc([C@@](C)(O)C(F)(F)F)n3[C@@H](C)C2)ccnc1-c1ccc(C#N)cc1. The van der Waals surface area contributed by atoms with E-state index in [1.54, 1.807) is 49.1 Å². The lowest BCUT2D eigenvalue weighted by molar-refractivity contribution is -0.263. The molecule has 2 atom stereocenters. The molecular formula is C24H22F3N5O2. The fraction of sp³-hybridized carbons (Fsp3) is 0.333. The van der Waals surface area contributed by atoms with E-state index in [1.165, 1.54) is 17.0 Å². The number of amides is 1. The van der Waals surface area contributed by atoms with E-state index in [4.69, 9.17) is 5.26 Å². The van der Waals surface area contributed by atoms with Crippen LogP contribution in [0.3, 0.4) is 0 Å². The maximum Gasteiger partial charge on any atom is 0.424 e. The van der Waals surface area contributed by atoms with Crippen molar-refractivity contribution in [3.63, 3.8) is 0 Å². The quantitative estimate of drug-likeness (QED) is 0.623. The van der Waals surface area contributed by atoms with E-state index >= 15 is 0 Å². The molecule has 0 saturated carbocycles. The van der Waals surface area contributed by atoms with Gasteiger partial charge in [0.2, 0.25) is 5.60 Å². The zero-order valence-electron chi connectivity index (χ0n) is 18.8. The average molecular weight is 469 g/mol. The number of carbonyl (C=O) groups is 1. The third-order valence-corrected chi connectivity index (χ3v) is 6.15. The van der Waals surface area contributed by atoms with Crippen molar-refractivity contribution in [1.82, 2.24) is 19.4 Å². The summed E-state index contributed by atoms with van der Waals surface area (Å²) < 4.78 is 41.5. The van der Waals surface area contributed by atoms with E-state index < -0.39 is 23.6 Å². The molecule has 0 spiro atoms. The molecule has 1 N–H and O–H groups in total. The summed E-state index contributed by atoms with van der Waals surface area (Å²) in [6.45, 7) is 4.35. The maximum absolute atomic E-state index is 13.4. The molecule has 10 heteroatoms. The lowest BCUT2D eigenvalue weighted by Crippen LogP contribution is -2.45. The standard InChI is InChI=1S/C24H22F3N5O2/c1-14-12-31(13-18-11-30-22(32(14)18)23(3,34)24(25,26)27)21(33)19-8-9-29-20(15(19)2)17-6-4-16(10-28)5-7-17/h4-9,11,14,34H,12-13H2,1-3H3/t14-,23+/m0/s1. The number of benzene rings is 1. The molecule has 34 heavy (non-hydrogen) atoms. The summed E-state index contributed by atoms with van der Waals surface area (Å²) in [6.07, 6.45) is -2.09. The van der Waals surface area contributed by atoms with Crippen LogP contribution in [0, 0.1) is 18.3 Å². The number of fused-ring (bicyclic) bond motifs is 1. The number of alkyl halides is 3. The van der Waals surface area contributed by atoms with Gasteiger partial charge in [-0.1, -0.05) is 12.1 Å². The second-order valence-electron chi connectivity index (χ2n) is 8.57. The number of nitrogens with zero attached hydrogens (tertiary/aromatic N) is 5. The number of carbonyl (C=O) groups excluding carboxylic acids is 1. The van der Waals surface area contributed by atoms with Gasteiger partial charge in [0.15, 0.2) is 5.82 Å². The topological polar surface area (TPSA) is 95.0 Å². The van der Waals surface area contributed by atoms with Crippen LogP contribution in [-0.4, -0.2) is 43.2 Å². The molecule has 0 aliphatic carbocycles. The Bertz CT molecular complexity index is 1290. The van der Waals surface area contributed by atoms with Gasteiger partial charge in [-0.25, -0.2) is 4.98 Å². The number of hydrogen-bond acceptors (Lipinski definition) is 5. The molecule has 176 valence electrons. The van der Waals surface area contributed by atoms with E-state index in [-0.39, 0.29) is 19.0 Å². The van der Waals surface area contributed by atoms with Gasteiger partial charge < -0.3 is 14.6 Å². The van der Waals surface area contributed by atoms with E-state index in [9.17, 15) is 23.1 Å². The van der Waals surface area contributed by atoms with Crippen LogP contribution >= 0.6 is 0 Å². The van der Waals surface area contributed by atoms with Gasteiger partial charge in [-0.3, -0.25) is 9.78 Å². The number of rotatable bonds is 3. The van der Waals surface area contributed by atoms with Crippen molar-refractivity contribution >= 4 is 5.91 Å². The molecule has 1 aliphatic heterocycles. The minimum Gasteiger partial charge on any atom is -0.374 e. The molecular weight excluding hydrogens is 447 g/mol. The first-order valence-electron chi connectivity index (χ1n) is 10.6. The Labute approximate surface area is 194 Å². The smallest absolute Gasteiger partial charge is 0.374 e. The van der Waals surface area contributed by atoms with Crippen molar-refractivity contribution in [3.8, 4) is 17.3 Å². The minimum absolute atomic E-state index is 0.0536. The molecule has 1 aliphatic rings. The van der Waals surface area contributed by atoms with Crippen LogP contribution in [0.25, 0.3) is 11.3 Å². The predicted molar refractivity (Wildman–Crippen MR) is 116 cm³/mol. The van der Waals surface area contributed by atoms with Crippen molar-refractivity contribution in [3.05, 3.63) is 70.9 Å². The average Bonchev–Trinajstić information content (AvgIpc) is 3.24. The zero-order chi connectivity index (χ0) is 24.8. The molecule has 3 aromatic rings. The summed E-state index contributed by atoms with van der Waals surface area (Å²) in [7, 11) is 0. The van der Waals surface area contributed by atoms with Gasteiger partial charge >= 0.3 is 6.18 Å². The third-order valence-electron chi connectivity index (χ3n) is 6.15. The first kappa shape index (κ1) is 23.4. The molecule has 0 unspecified atom stereocenters. The van der Waals surface area contributed by atoms with Crippen LogP contribution in [-0.2, 0) is 12.1 Å². The second kappa shape index (κ2) is 8.25. The lowest BCUT2D eigenvalue weighted by atomic mass is 10.00. The van der Waals surface area contributed by atoms with Gasteiger partial charge in [0, 0.05) is 23.9 Å². The Morgan fingerprint density at radius 1 is 1.21 bits per heavy atom. The van der Waals surface area contributed by atoms with E-state index in [0.717, 1.165) is 5.56 Å². The summed E-state index contributed by atoms with van der Waals surface area (Å²) in [5.41, 5.74) is 0.261. The van der Waals surface area contributed by atoms with Gasteiger partial charge in [0.05, 0.1) is 41.8 Å². The molecule has 0 fully saturated rings. The van der Waals surface area contributed by atoms with Crippen molar-refractivity contribution < 1.29 is 23.1 Å². The van der Waals surface area contributed by atoms with Crippen molar-refractivity contribution in [1.29, 1.82) is 5.26 Å². The van der Waals surface area contributed by atoms with Gasteiger partial charge in [-0.2, -0.15) is 18.4 Å². The number of imidazole rings is 1. The highest BCUT2D eigenvalue weighted by Gasteiger charge is 2.55. The molecule has 0 saturated heterocycles. The highest BCUT2D eigenvalue weighted by Crippen LogP contribution is 2.40. The normalized spacial score (nSPS) is 17.6. The summed E-state index contributed by atoms with van der Waals surface area (Å²) in [4.78, 5) is 23.2. The molecule has 2 aromatic heterocycles. The summed E-state index contributed by atoms with van der Waals surface area (Å²) in [5.74, 6) is -0.768. The monoisotopic (exact) mass is 469 g/mol. The highest BCUT2D eigenvalue weighted by molar-refractivity contribution is 5.97. The van der Waals surface area contributed by atoms with Crippen LogP contribution in [0.2, 0.25) is 0 Å². The number of aromatic nitrogens is 3. The highest BCUT2D eigenvalue weighted by atomic mass is 19.4. The fourth-order valence-corrected chi connectivity index (χ4v) is 4.24. The van der Waals surface area contributed by atoms with Crippen molar-refractivity contribution in [2.24, 2.45) is 0 Å². The molecule has 4 rings (SSSR count). The van der Waals surface area contributed by atoms with Crippen LogP contribution < -0.4 is 0 Å². The molecule has 0 radical (unpaired) electrons. The minimum atomic E-state index is -4.89. The number of hydrogen-bond donors (Lipinski definition) is 1. The molecule has 7 nitrogen and oxygen atoms in total. The summed E-state index contributed by atoms with van der Waals surface area (Å²) in [6, 6.07) is 10.0. The van der Waals surface area contributed by atoms with Gasteiger partial charge in [0.1, 0.15) is 0 Å². The largest absolute Gasteiger partial charge is 0.424 e. The number of nitriles is 1. The van der Waals surface area contributed by atoms with Gasteiger partial charge in [-0.05, 0) is 44.5 Å². The predicted octanol–water partition coefficient (Wildman–Crippen LogP) is 4.11. The molecule has 0 bridgehead atoms. The maximum atomic E-state index is 13.4. The second-order valence-corrected chi connectivity index (χ2v) is 8.57. The van der Waals surface area contributed by atoms with Crippen molar-refractivity contribution in [2.45, 2.75) is 45.1 Å². The molecule has 3 heterocycles. The Hall–Kier alpha value is -3.71. The Balaban J connectivity index is 1.65. The van der Waals surface area contributed by atoms with E-state index in [0.29, 0.717) is 35.0 Å². The Kier molecular flexibility index (Phi) is 5.69. The third kappa shape index (κ3) is 3.82. The van der Waals surface area contributed by atoms with Crippen LogP contribution in [0.15, 0.2) is 42.7 Å². The fourth-order valence-electron chi connectivity index (χ4n) is 4.24. The lowest BCUT2D eigenvalue weighted by Gasteiger charge is -2.36. The van der Waals surface area contributed by atoms with E-state index in [2.05, 4.69) is 16.0 Å². The Morgan fingerprint density at radius 3 is 2.50 bits per heavy atom. The van der Waals surface area contributed by atoms with Crippen LogP contribution in [0.1, 0.15) is 52.9 Å². The van der Waals surface area contributed by atoms with Gasteiger partial charge in [0.25, 0.3) is 5.91 Å². The zero-order valence-corrected chi connectivity index (χ0v) is 18.8. The first-order valence-corrected chi connectivity index (χ1v) is 10.6. The number of aliphatic hydroxyl groups is 1. The first-order chi connectivity index (χ1) is 16.0. The number of halogens is 3.